The van der Waals surface area contributed by atoms with Crippen molar-refractivity contribution in [2.24, 2.45) is 5.41 Å². The summed E-state index contributed by atoms with van der Waals surface area (Å²) >= 11 is 0. The number of piperidine rings is 1. The van der Waals surface area contributed by atoms with Gasteiger partial charge in [-0.3, -0.25) is 0 Å². The Morgan fingerprint density at radius 3 is 2.91 bits per heavy atom. The summed E-state index contributed by atoms with van der Waals surface area (Å²) in [5.74, 6) is 0. The lowest BCUT2D eigenvalue weighted by Crippen LogP contribution is -2.42. The van der Waals surface area contributed by atoms with E-state index in [1.807, 2.05) is 6.07 Å². The highest BCUT2D eigenvalue weighted by molar-refractivity contribution is 6.08. The van der Waals surface area contributed by atoms with E-state index in [2.05, 4.69) is 48.9 Å². The van der Waals surface area contributed by atoms with Crippen molar-refractivity contribution in [1.82, 2.24) is 4.98 Å². The minimum atomic E-state index is 0.448. The van der Waals surface area contributed by atoms with Gasteiger partial charge in [0.25, 0.3) is 0 Å². The van der Waals surface area contributed by atoms with Crippen molar-refractivity contribution in [1.29, 1.82) is 0 Å². The van der Waals surface area contributed by atoms with Crippen LogP contribution in [0.1, 0.15) is 38.7 Å². The average molecular weight is 306 g/mol. The van der Waals surface area contributed by atoms with Crippen molar-refractivity contribution < 1.29 is 4.42 Å². The third-order valence-corrected chi connectivity index (χ3v) is 6.42. The molecule has 1 aliphatic carbocycles. The van der Waals surface area contributed by atoms with E-state index in [-0.39, 0.29) is 0 Å². The van der Waals surface area contributed by atoms with Gasteiger partial charge in [-0.15, -0.1) is 0 Å². The summed E-state index contributed by atoms with van der Waals surface area (Å²) in [5, 5.41) is 2.31. The van der Waals surface area contributed by atoms with Crippen LogP contribution in [0, 0.1) is 12.3 Å². The first-order valence-corrected chi connectivity index (χ1v) is 8.64. The van der Waals surface area contributed by atoms with Crippen molar-refractivity contribution >= 4 is 27.8 Å². The second kappa shape index (κ2) is 4.28. The largest absolute Gasteiger partial charge is 0.436 e. The molecule has 0 spiro atoms. The Hall–Kier alpha value is -2.03. The van der Waals surface area contributed by atoms with Crippen molar-refractivity contribution in [3.05, 3.63) is 36.0 Å². The molecule has 2 fully saturated rings. The molecule has 0 radical (unpaired) electrons. The zero-order chi connectivity index (χ0) is 15.8. The molecule has 0 amide bonds. The molecule has 3 heterocycles. The molecule has 3 atom stereocenters. The van der Waals surface area contributed by atoms with Gasteiger partial charge in [0.1, 0.15) is 0 Å². The third-order valence-electron chi connectivity index (χ3n) is 6.42. The molecule has 5 rings (SSSR count). The van der Waals surface area contributed by atoms with Gasteiger partial charge in [-0.25, -0.2) is 4.98 Å². The van der Waals surface area contributed by atoms with E-state index >= 15 is 0 Å². The molecule has 23 heavy (non-hydrogen) atoms. The van der Waals surface area contributed by atoms with Crippen LogP contribution in [0.2, 0.25) is 0 Å². The summed E-state index contributed by atoms with van der Waals surface area (Å²) in [4.78, 5) is 7.05. The van der Waals surface area contributed by atoms with Gasteiger partial charge in [0.2, 0.25) is 5.71 Å². The first-order chi connectivity index (χ1) is 11.1. The normalized spacial score (nSPS) is 30.0. The van der Waals surface area contributed by atoms with Crippen LogP contribution in [0.3, 0.4) is 0 Å². The van der Waals surface area contributed by atoms with Crippen LogP contribution in [0.15, 0.2) is 34.9 Å². The first-order valence-electron chi connectivity index (χ1n) is 8.64. The molecule has 3 unspecified atom stereocenters. The number of hydrogen-bond acceptors (Lipinski definition) is 3. The lowest BCUT2D eigenvalue weighted by atomic mass is 9.82. The standard InChI is InChI=1S/C20H22N2O/c1-12-6-7-15-16-5-4-10-21-19(16)23-18(15)17(12)22-13(2)20(3)9-8-14(22)11-20/h4-7,10,13-14H,8-9,11H2,1-3H3. The van der Waals surface area contributed by atoms with Crippen LogP contribution >= 0.6 is 0 Å². The number of benzene rings is 1. The highest BCUT2D eigenvalue weighted by Gasteiger charge is 2.52. The summed E-state index contributed by atoms with van der Waals surface area (Å²) in [6.07, 6.45) is 5.77. The lowest BCUT2D eigenvalue weighted by Gasteiger charge is -2.40. The minimum absolute atomic E-state index is 0.448. The Bertz CT molecular complexity index is 928. The lowest BCUT2D eigenvalue weighted by molar-refractivity contribution is 0.295. The van der Waals surface area contributed by atoms with E-state index in [1.165, 1.54) is 35.9 Å². The Balaban J connectivity index is 1.80. The molecule has 3 aromatic rings. The number of nitrogens with zero attached hydrogens (tertiary/aromatic N) is 2. The van der Waals surface area contributed by atoms with Crippen LogP contribution < -0.4 is 4.90 Å². The molecule has 0 N–H and O–H groups in total. The molecule has 1 saturated carbocycles. The highest BCUT2D eigenvalue weighted by Crippen LogP contribution is 2.55. The number of pyridine rings is 1. The van der Waals surface area contributed by atoms with Gasteiger partial charge in [0.05, 0.1) is 5.69 Å². The van der Waals surface area contributed by atoms with Gasteiger partial charge in [-0.1, -0.05) is 19.1 Å². The van der Waals surface area contributed by atoms with Gasteiger partial charge < -0.3 is 9.32 Å². The number of aromatic nitrogens is 1. The Morgan fingerprint density at radius 2 is 2.13 bits per heavy atom. The molecule has 118 valence electrons. The Kier molecular flexibility index (Phi) is 2.50. The topological polar surface area (TPSA) is 29.3 Å². The SMILES string of the molecule is Cc1ccc2c(oc3ncccc32)c1N1C2CCC(C)(C2)C1C. The monoisotopic (exact) mass is 306 g/mol. The van der Waals surface area contributed by atoms with Crippen molar-refractivity contribution in [3.8, 4) is 0 Å². The van der Waals surface area contributed by atoms with E-state index in [4.69, 9.17) is 4.42 Å². The number of rotatable bonds is 1. The molecule has 2 aliphatic rings. The molecule has 1 aromatic carbocycles. The van der Waals surface area contributed by atoms with Gasteiger partial charge in [-0.2, -0.15) is 0 Å². The van der Waals surface area contributed by atoms with Gasteiger partial charge >= 0.3 is 0 Å². The summed E-state index contributed by atoms with van der Waals surface area (Å²) < 4.78 is 6.21. The van der Waals surface area contributed by atoms with E-state index < -0.39 is 0 Å². The van der Waals surface area contributed by atoms with Gasteiger partial charge in [0.15, 0.2) is 5.58 Å². The summed E-state index contributed by atoms with van der Waals surface area (Å²) in [7, 11) is 0. The number of aryl methyl sites for hydroxylation is 1. The zero-order valence-electron chi connectivity index (χ0n) is 14.0. The van der Waals surface area contributed by atoms with Crippen molar-refractivity contribution in [2.75, 3.05) is 4.90 Å². The summed E-state index contributed by atoms with van der Waals surface area (Å²) in [6.45, 7) is 7.04. The summed E-state index contributed by atoms with van der Waals surface area (Å²) in [5.41, 5.74) is 4.81. The third kappa shape index (κ3) is 1.63. The second-order valence-electron chi connectivity index (χ2n) is 7.70. The molecule has 1 aliphatic heterocycles. The van der Waals surface area contributed by atoms with Crippen molar-refractivity contribution in [2.45, 2.75) is 52.1 Å². The minimum Gasteiger partial charge on any atom is -0.436 e. The Labute approximate surface area is 136 Å². The molecule has 2 aromatic heterocycles. The van der Waals surface area contributed by atoms with E-state index in [9.17, 15) is 0 Å². The number of anilines is 1. The number of furan rings is 1. The fourth-order valence-corrected chi connectivity index (χ4v) is 4.96. The molecular weight excluding hydrogens is 284 g/mol. The zero-order valence-corrected chi connectivity index (χ0v) is 14.0. The van der Waals surface area contributed by atoms with Gasteiger partial charge in [0, 0.05) is 29.1 Å². The maximum atomic E-state index is 6.21. The predicted molar refractivity (Wildman–Crippen MR) is 93.9 cm³/mol. The second-order valence-corrected chi connectivity index (χ2v) is 7.70. The molecule has 3 heteroatoms. The fraction of sp³-hybridized carbons (Fsp3) is 0.450. The van der Waals surface area contributed by atoms with Crippen LogP contribution in [0.5, 0.6) is 0 Å². The summed E-state index contributed by atoms with van der Waals surface area (Å²) in [6, 6.07) is 9.72. The predicted octanol–water partition coefficient (Wildman–Crippen LogP) is 5.06. The molecule has 2 bridgehead atoms. The smallest absolute Gasteiger partial charge is 0.227 e. The van der Waals surface area contributed by atoms with Crippen LogP contribution in [0.4, 0.5) is 5.69 Å². The maximum Gasteiger partial charge on any atom is 0.227 e. The van der Waals surface area contributed by atoms with Crippen LogP contribution in [-0.4, -0.2) is 17.1 Å². The molecule has 3 nitrogen and oxygen atoms in total. The quantitative estimate of drug-likeness (QED) is 0.629. The van der Waals surface area contributed by atoms with Crippen LogP contribution in [-0.2, 0) is 0 Å². The van der Waals surface area contributed by atoms with E-state index in [1.54, 1.807) is 6.20 Å². The van der Waals surface area contributed by atoms with E-state index in [0.29, 0.717) is 17.5 Å². The van der Waals surface area contributed by atoms with Crippen molar-refractivity contribution in [3.63, 3.8) is 0 Å². The maximum absolute atomic E-state index is 6.21. The Morgan fingerprint density at radius 1 is 1.26 bits per heavy atom. The molecular formula is C20H22N2O. The van der Waals surface area contributed by atoms with Gasteiger partial charge in [-0.05, 0) is 56.2 Å². The molecule has 1 saturated heterocycles. The van der Waals surface area contributed by atoms with E-state index in [0.717, 1.165) is 16.7 Å². The average Bonchev–Trinajstić information content (AvgIpc) is 3.17. The first kappa shape index (κ1) is 13.4. The number of hydrogen-bond donors (Lipinski definition) is 0. The highest BCUT2D eigenvalue weighted by atomic mass is 16.3. The number of fused-ring (bicyclic) bond motifs is 5. The fourth-order valence-electron chi connectivity index (χ4n) is 4.96. The van der Waals surface area contributed by atoms with Crippen LogP contribution in [0.25, 0.3) is 22.1 Å².